The van der Waals surface area contributed by atoms with Crippen molar-refractivity contribution in [3.05, 3.63) is 100 Å². The van der Waals surface area contributed by atoms with E-state index in [1.165, 1.54) is 0 Å². The van der Waals surface area contributed by atoms with E-state index in [4.69, 9.17) is 14.7 Å². The van der Waals surface area contributed by atoms with Crippen molar-refractivity contribution in [2.75, 3.05) is 7.11 Å². The summed E-state index contributed by atoms with van der Waals surface area (Å²) in [6, 6.07) is 23.3. The molecule has 0 radical (unpaired) electrons. The minimum atomic E-state index is 0.0980. The standard InChI is InChI=1S/C23H17N3O2/c1-28-15-12-10-14(11-13-15)20(22-24-18-8-4-5-9-19(18)25-22)21-16-6-2-3-7-17(16)26-23(21)27/h2-13,26-27H,1H3. The summed E-state index contributed by atoms with van der Waals surface area (Å²) in [6.45, 7) is 0. The summed E-state index contributed by atoms with van der Waals surface area (Å²) in [6.07, 6.45) is 0. The third kappa shape index (κ3) is 2.56. The number of hydrogen-bond acceptors (Lipinski definition) is 4. The Balaban J connectivity index is 1.85. The molecule has 0 saturated carbocycles. The first-order valence-electron chi connectivity index (χ1n) is 8.96. The zero-order valence-corrected chi connectivity index (χ0v) is 15.2. The molecule has 3 aromatic carbocycles. The SMILES string of the molecule is COc1ccc(C(=C2N=c3ccccc3=N2)c2c(O)[nH]c3ccccc23)cc1. The molecule has 1 aromatic heterocycles. The van der Waals surface area contributed by atoms with Crippen LogP contribution in [0, 0.1) is 0 Å². The molecule has 28 heavy (non-hydrogen) atoms. The molecule has 2 heterocycles. The zero-order chi connectivity index (χ0) is 19.1. The van der Waals surface area contributed by atoms with Crippen LogP contribution in [-0.4, -0.2) is 17.2 Å². The van der Waals surface area contributed by atoms with Gasteiger partial charge < -0.3 is 14.8 Å². The number of para-hydroxylation sites is 3. The zero-order valence-electron chi connectivity index (χ0n) is 15.2. The number of hydrogen-bond donors (Lipinski definition) is 2. The van der Waals surface area contributed by atoms with Crippen molar-refractivity contribution in [3.63, 3.8) is 0 Å². The van der Waals surface area contributed by atoms with Gasteiger partial charge in [-0.15, -0.1) is 0 Å². The van der Waals surface area contributed by atoms with E-state index in [-0.39, 0.29) is 5.88 Å². The monoisotopic (exact) mass is 367 g/mol. The first-order valence-corrected chi connectivity index (χ1v) is 8.96. The van der Waals surface area contributed by atoms with Gasteiger partial charge in [-0.1, -0.05) is 42.5 Å². The van der Waals surface area contributed by atoms with Crippen molar-refractivity contribution in [2.24, 2.45) is 9.98 Å². The van der Waals surface area contributed by atoms with Crippen LogP contribution >= 0.6 is 0 Å². The Morgan fingerprint density at radius 2 is 1.50 bits per heavy atom. The Bertz CT molecular complexity index is 1310. The Hall–Kier alpha value is -3.86. The fourth-order valence-electron chi connectivity index (χ4n) is 3.54. The maximum absolute atomic E-state index is 10.7. The van der Waals surface area contributed by atoms with Crippen LogP contribution in [0.1, 0.15) is 11.1 Å². The van der Waals surface area contributed by atoms with Crippen molar-refractivity contribution in [1.29, 1.82) is 0 Å². The maximum atomic E-state index is 10.7. The lowest BCUT2D eigenvalue weighted by Crippen LogP contribution is -2.19. The molecule has 0 saturated heterocycles. The van der Waals surface area contributed by atoms with E-state index in [0.29, 0.717) is 11.4 Å². The highest BCUT2D eigenvalue weighted by Crippen LogP contribution is 2.39. The molecule has 1 aliphatic heterocycles. The van der Waals surface area contributed by atoms with Crippen LogP contribution in [-0.2, 0) is 0 Å². The molecular weight excluding hydrogens is 350 g/mol. The topological polar surface area (TPSA) is 70.0 Å². The largest absolute Gasteiger partial charge is 0.497 e. The van der Waals surface area contributed by atoms with Crippen LogP contribution in [0.25, 0.3) is 16.5 Å². The summed E-state index contributed by atoms with van der Waals surface area (Å²) in [5.74, 6) is 1.44. The van der Waals surface area contributed by atoms with Crippen LogP contribution in [0.4, 0.5) is 0 Å². The van der Waals surface area contributed by atoms with Gasteiger partial charge in [0.1, 0.15) is 5.75 Å². The third-order valence-electron chi connectivity index (χ3n) is 4.87. The number of aromatic amines is 1. The summed E-state index contributed by atoms with van der Waals surface area (Å²) in [5, 5.41) is 13.3. The Morgan fingerprint density at radius 1 is 0.857 bits per heavy atom. The lowest BCUT2D eigenvalue weighted by molar-refractivity contribution is 0.415. The van der Waals surface area contributed by atoms with Crippen molar-refractivity contribution in [1.82, 2.24) is 4.98 Å². The Labute approximate surface area is 161 Å². The fraction of sp³-hybridized carbons (Fsp3) is 0.0435. The lowest BCUT2D eigenvalue weighted by atomic mass is 9.96. The molecule has 1 aliphatic rings. The number of ether oxygens (including phenoxy) is 1. The number of methoxy groups -OCH3 is 1. The number of nitrogens with zero attached hydrogens (tertiary/aromatic N) is 2. The van der Waals surface area contributed by atoms with Gasteiger partial charge in [0.25, 0.3) is 0 Å². The number of aromatic nitrogens is 1. The van der Waals surface area contributed by atoms with E-state index < -0.39 is 0 Å². The number of H-pyrrole nitrogens is 1. The second kappa shape index (κ2) is 6.39. The minimum Gasteiger partial charge on any atom is -0.497 e. The summed E-state index contributed by atoms with van der Waals surface area (Å²) < 4.78 is 5.29. The maximum Gasteiger partial charge on any atom is 0.197 e. The molecule has 4 aromatic rings. The van der Waals surface area contributed by atoms with Crippen molar-refractivity contribution in [3.8, 4) is 11.6 Å². The molecule has 0 spiro atoms. The summed E-state index contributed by atoms with van der Waals surface area (Å²) >= 11 is 0. The Kier molecular flexibility index (Phi) is 3.72. The molecule has 0 aliphatic carbocycles. The van der Waals surface area contributed by atoms with Gasteiger partial charge in [0.2, 0.25) is 0 Å². The predicted molar refractivity (Wildman–Crippen MR) is 108 cm³/mol. The number of aromatic hydroxyl groups is 1. The van der Waals surface area contributed by atoms with Crippen LogP contribution < -0.4 is 15.5 Å². The van der Waals surface area contributed by atoms with E-state index in [2.05, 4.69) is 4.98 Å². The average molecular weight is 367 g/mol. The van der Waals surface area contributed by atoms with Gasteiger partial charge in [-0.3, -0.25) is 0 Å². The van der Waals surface area contributed by atoms with E-state index in [9.17, 15) is 5.11 Å². The molecule has 0 atom stereocenters. The molecule has 2 N–H and O–H groups in total. The van der Waals surface area contributed by atoms with Gasteiger partial charge >= 0.3 is 0 Å². The molecule has 0 fully saturated rings. The summed E-state index contributed by atoms with van der Waals surface area (Å²) in [4.78, 5) is 12.5. The van der Waals surface area contributed by atoms with Crippen LogP contribution in [0.2, 0.25) is 0 Å². The summed E-state index contributed by atoms with van der Waals surface area (Å²) in [7, 11) is 1.64. The number of fused-ring (bicyclic) bond motifs is 2. The quantitative estimate of drug-likeness (QED) is 0.581. The third-order valence-corrected chi connectivity index (χ3v) is 4.87. The lowest BCUT2D eigenvalue weighted by Gasteiger charge is -2.10. The highest BCUT2D eigenvalue weighted by Gasteiger charge is 2.21. The van der Waals surface area contributed by atoms with E-state index in [0.717, 1.165) is 38.5 Å². The molecular formula is C23H17N3O2. The van der Waals surface area contributed by atoms with Gasteiger partial charge in [0.15, 0.2) is 11.7 Å². The van der Waals surface area contributed by atoms with Gasteiger partial charge in [0.05, 0.1) is 23.4 Å². The summed E-state index contributed by atoms with van der Waals surface area (Å²) in [5.41, 5.74) is 3.22. The van der Waals surface area contributed by atoms with Crippen LogP contribution in [0.15, 0.2) is 88.6 Å². The number of nitrogens with one attached hydrogen (secondary N) is 1. The fourth-order valence-corrected chi connectivity index (χ4v) is 3.54. The second-order valence-corrected chi connectivity index (χ2v) is 6.53. The first-order chi connectivity index (χ1) is 13.7. The van der Waals surface area contributed by atoms with Crippen molar-refractivity contribution < 1.29 is 9.84 Å². The average Bonchev–Trinajstić information content (AvgIpc) is 3.30. The van der Waals surface area contributed by atoms with E-state index >= 15 is 0 Å². The van der Waals surface area contributed by atoms with Crippen molar-refractivity contribution in [2.45, 2.75) is 0 Å². The van der Waals surface area contributed by atoms with E-state index in [1.54, 1.807) is 7.11 Å². The normalized spacial score (nSPS) is 12.4. The van der Waals surface area contributed by atoms with E-state index in [1.807, 2.05) is 72.8 Å². The Morgan fingerprint density at radius 3 is 2.18 bits per heavy atom. The van der Waals surface area contributed by atoms with Gasteiger partial charge in [-0.25, -0.2) is 9.98 Å². The smallest absolute Gasteiger partial charge is 0.197 e. The highest BCUT2D eigenvalue weighted by molar-refractivity contribution is 6.00. The molecule has 5 heteroatoms. The highest BCUT2D eigenvalue weighted by atomic mass is 16.5. The van der Waals surface area contributed by atoms with Gasteiger partial charge in [0, 0.05) is 16.5 Å². The minimum absolute atomic E-state index is 0.0980. The van der Waals surface area contributed by atoms with Gasteiger partial charge in [-0.05, 0) is 35.9 Å². The molecule has 5 rings (SSSR count). The predicted octanol–water partition coefficient (Wildman–Crippen LogP) is 3.55. The molecule has 0 bridgehead atoms. The molecule has 5 nitrogen and oxygen atoms in total. The van der Waals surface area contributed by atoms with Crippen molar-refractivity contribution >= 4 is 16.5 Å². The van der Waals surface area contributed by atoms with Gasteiger partial charge in [-0.2, -0.15) is 0 Å². The number of benzene rings is 3. The molecule has 136 valence electrons. The van der Waals surface area contributed by atoms with Crippen LogP contribution in [0.3, 0.4) is 0 Å². The number of rotatable bonds is 3. The molecule has 0 amide bonds. The first kappa shape index (κ1) is 16.3. The second-order valence-electron chi connectivity index (χ2n) is 6.53. The molecule has 0 unspecified atom stereocenters. The van der Waals surface area contributed by atoms with Crippen LogP contribution in [0.5, 0.6) is 11.6 Å².